The molecule has 1 aromatic carbocycles. The summed E-state index contributed by atoms with van der Waals surface area (Å²) in [7, 11) is 0. The van der Waals surface area contributed by atoms with Crippen molar-refractivity contribution in [1.82, 2.24) is 9.13 Å². The molecule has 1 N–H and O–H groups in total. The average molecular weight is 432 g/mol. The van der Waals surface area contributed by atoms with E-state index in [0.29, 0.717) is 6.07 Å². The van der Waals surface area contributed by atoms with Gasteiger partial charge in [0.25, 0.3) is 5.56 Å². The number of benzene rings is 1. The van der Waals surface area contributed by atoms with Crippen LogP contribution >= 0.6 is 22.9 Å². The number of halogens is 4. The van der Waals surface area contributed by atoms with E-state index in [1.165, 1.54) is 12.1 Å². The van der Waals surface area contributed by atoms with Gasteiger partial charge < -0.3 is 5.32 Å². The molecular weight excluding hydrogens is 419 g/mol. The molecule has 0 spiro atoms. The molecule has 1 amide bonds. The van der Waals surface area contributed by atoms with E-state index in [1.54, 1.807) is 12.3 Å². The number of aromatic nitrogens is 2. The first-order valence-corrected chi connectivity index (χ1v) is 9.26. The smallest absolute Gasteiger partial charge is 0.324 e. The van der Waals surface area contributed by atoms with E-state index in [4.69, 9.17) is 11.6 Å². The molecule has 2 aromatic heterocycles. The SMILES string of the molecule is CCn1c(=O)c2sccc2n(CC(=O)Nc2ccc(Cl)cc2C(F)(F)F)c1=O. The standard InChI is InChI=1S/C17H13ClF3N3O3S/c1-2-23-15(26)14-12(5-6-28-14)24(16(23)27)8-13(25)22-11-4-3-9(18)7-10(11)17(19,20)21/h3-7H,2,8H2,1H3,(H,22,25). The van der Waals surface area contributed by atoms with Gasteiger partial charge in [0.1, 0.15) is 11.2 Å². The number of hydrogen-bond donors (Lipinski definition) is 1. The fraction of sp³-hybridized carbons (Fsp3) is 0.235. The summed E-state index contributed by atoms with van der Waals surface area (Å²) in [5.41, 5.74) is -2.49. The zero-order valence-electron chi connectivity index (χ0n) is 14.3. The molecule has 6 nitrogen and oxygen atoms in total. The first-order valence-electron chi connectivity index (χ1n) is 8.01. The van der Waals surface area contributed by atoms with E-state index in [9.17, 15) is 27.6 Å². The fourth-order valence-electron chi connectivity index (χ4n) is 2.76. The number of nitrogens with zero attached hydrogens (tertiary/aromatic N) is 2. The van der Waals surface area contributed by atoms with Crippen LogP contribution in [0.3, 0.4) is 0 Å². The van der Waals surface area contributed by atoms with Gasteiger partial charge in [-0.25, -0.2) is 4.79 Å². The Morgan fingerprint density at radius 2 is 1.93 bits per heavy atom. The zero-order valence-corrected chi connectivity index (χ0v) is 15.9. The van der Waals surface area contributed by atoms with Gasteiger partial charge in [0.05, 0.1) is 16.8 Å². The second-order valence-corrected chi connectivity index (χ2v) is 7.14. The largest absolute Gasteiger partial charge is 0.418 e. The molecule has 0 aliphatic carbocycles. The Labute approximate surface area is 164 Å². The van der Waals surface area contributed by atoms with Crippen molar-refractivity contribution in [2.75, 3.05) is 5.32 Å². The molecule has 11 heteroatoms. The van der Waals surface area contributed by atoms with Gasteiger partial charge in [-0.2, -0.15) is 13.2 Å². The number of thiophene rings is 1. The highest BCUT2D eigenvalue weighted by Crippen LogP contribution is 2.36. The van der Waals surface area contributed by atoms with E-state index >= 15 is 0 Å². The molecule has 0 atom stereocenters. The van der Waals surface area contributed by atoms with Crippen molar-refractivity contribution in [2.24, 2.45) is 0 Å². The molecule has 28 heavy (non-hydrogen) atoms. The second kappa shape index (κ2) is 7.44. The number of nitrogens with one attached hydrogen (secondary N) is 1. The molecular formula is C17H13ClF3N3O3S. The van der Waals surface area contributed by atoms with Crippen molar-refractivity contribution >= 4 is 44.7 Å². The lowest BCUT2D eigenvalue weighted by molar-refractivity contribution is -0.137. The molecule has 0 saturated carbocycles. The monoisotopic (exact) mass is 431 g/mol. The lowest BCUT2D eigenvalue weighted by Crippen LogP contribution is -2.41. The number of rotatable bonds is 4. The van der Waals surface area contributed by atoms with Crippen molar-refractivity contribution < 1.29 is 18.0 Å². The summed E-state index contributed by atoms with van der Waals surface area (Å²) in [5.74, 6) is -0.844. The van der Waals surface area contributed by atoms with Crippen molar-refractivity contribution in [3.63, 3.8) is 0 Å². The number of alkyl halides is 3. The lowest BCUT2D eigenvalue weighted by atomic mass is 10.1. The first-order chi connectivity index (χ1) is 13.1. The minimum atomic E-state index is -4.72. The molecule has 3 rings (SSSR count). The molecule has 3 aromatic rings. The minimum absolute atomic E-state index is 0.0997. The van der Waals surface area contributed by atoms with Crippen LogP contribution in [0.5, 0.6) is 0 Å². The third-order valence-electron chi connectivity index (χ3n) is 4.02. The summed E-state index contributed by atoms with van der Waals surface area (Å²) in [5, 5.41) is 3.64. The number of hydrogen-bond acceptors (Lipinski definition) is 4. The maximum absolute atomic E-state index is 13.2. The molecule has 2 heterocycles. The minimum Gasteiger partial charge on any atom is -0.324 e. The van der Waals surface area contributed by atoms with E-state index < -0.39 is 41.1 Å². The van der Waals surface area contributed by atoms with Crippen molar-refractivity contribution in [3.05, 3.63) is 61.1 Å². The number of amides is 1. The Bertz CT molecular complexity index is 1180. The highest BCUT2D eigenvalue weighted by Gasteiger charge is 2.34. The maximum atomic E-state index is 13.2. The van der Waals surface area contributed by atoms with Crippen LogP contribution in [0.25, 0.3) is 10.2 Å². The van der Waals surface area contributed by atoms with E-state index in [-0.39, 0.29) is 21.8 Å². The summed E-state index contributed by atoms with van der Waals surface area (Å²) in [4.78, 5) is 37.2. The van der Waals surface area contributed by atoms with E-state index in [2.05, 4.69) is 5.32 Å². The Morgan fingerprint density at radius 3 is 2.57 bits per heavy atom. The topological polar surface area (TPSA) is 73.1 Å². The van der Waals surface area contributed by atoms with Gasteiger partial charge in [0.15, 0.2) is 0 Å². The molecule has 148 valence electrons. The van der Waals surface area contributed by atoms with Crippen LogP contribution in [0, 0.1) is 0 Å². The molecule has 0 aliphatic rings. The molecule has 0 unspecified atom stereocenters. The summed E-state index contributed by atoms with van der Waals surface area (Å²) < 4.78 is 41.9. The van der Waals surface area contributed by atoms with Gasteiger partial charge in [0, 0.05) is 11.6 Å². The van der Waals surface area contributed by atoms with Crippen LogP contribution in [0.4, 0.5) is 18.9 Å². The normalized spacial score (nSPS) is 11.8. The van der Waals surface area contributed by atoms with Gasteiger partial charge in [0.2, 0.25) is 5.91 Å². The second-order valence-electron chi connectivity index (χ2n) is 5.79. The first kappa shape index (κ1) is 20.2. The Morgan fingerprint density at radius 1 is 1.21 bits per heavy atom. The summed E-state index contributed by atoms with van der Waals surface area (Å²) >= 11 is 6.74. The average Bonchev–Trinajstić information content (AvgIpc) is 3.10. The van der Waals surface area contributed by atoms with Crippen LogP contribution < -0.4 is 16.6 Å². The Balaban J connectivity index is 1.99. The number of anilines is 1. The Kier molecular flexibility index (Phi) is 5.35. The predicted molar refractivity (Wildman–Crippen MR) is 101 cm³/mol. The Hall–Kier alpha value is -2.59. The highest BCUT2D eigenvalue weighted by atomic mass is 35.5. The van der Waals surface area contributed by atoms with E-state index in [1.807, 2.05) is 0 Å². The summed E-state index contributed by atoms with van der Waals surface area (Å²) in [6.07, 6.45) is -4.72. The molecule has 0 fully saturated rings. The van der Waals surface area contributed by atoms with Crippen molar-refractivity contribution in [2.45, 2.75) is 26.2 Å². The third-order valence-corrected chi connectivity index (χ3v) is 5.14. The van der Waals surface area contributed by atoms with Crippen LogP contribution in [0.15, 0.2) is 39.2 Å². The van der Waals surface area contributed by atoms with Crippen LogP contribution in [0.2, 0.25) is 5.02 Å². The van der Waals surface area contributed by atoms with E-state index in [0.717, 1.165) is 26.5 Å². The van der Waals surface area contributed by atoms with Crippen LogP contribution in [-0.2, 0) is 24.1 Å². The van der Waals surface area contributed by atoms with Gasteiger partial charge in [-0.05, 0) is 36.6 Å². The highest BCUT2D eigenvalue weighted by molar-refractivity contribution is 7.17. The maximum Gasteiger partial charge on any atom is 0.418 e. The van der Waals surface area contributed by atoms with Gasteiger partial charge in [-0.1, -0.05) is 11.6 Å². The molecule has 0 saturated heterocycles. The van der Waals surface area contributed by atoms with Gasteiger partial charge >= 0.3 is 11.9 Å². The number of carbonyl (C=O) groups excluding carboxylic acids is 1. The quantitative estimate of drug-likeness (QED) is 0.686. The number of fused-ring (bicyclic) bond motifs is 1. The summed E-state index contributed by atoms with van der Waals surface area (Å²) in [6.45, 7) is 1.16. The predicted octanol–water partition coefficient (Wildman–Crippen LogP) is 3.56. The van der Waals surface area contributed by atoms with Gasteiger partial charge in [-0.3, -0.25) is 18.7 Å². The van der Waals surface area contributed by atoms with Gasteiger partial charge in [-0.15, -0.1) is 11.3 Å². The van der Waals surface area contributed by atoms with Crippen molar-refractivity contribution in [1.29, 1.82) is 0 Å². The number of carbonyl (C=O) groups is 1. The van der Waals surface area contributed by atoms with Crippen molar-refractivity contribution in [3.8, 4) is 0 Å². The molecule has 0 radical (unpaired) electrons. The lowest BCUT2D eigenvalue weighted by Gasteiger charge is -2.15. The van der Waals surface area contributed by atoms with Crippen LogP contribution in [-0.4, -0.2) is 15.0 Å². The van der Waals surface area contributed by atoms with Crippen LogP contribution in [0.1, 0.15) is 12.5 Å². The molecule has 0 bridgehead atoms. The third kappa shape index (κ3) is 3.69. The zero-order chi connectivity index (χ0) is 20.6. The summed E-state index contributed by atoms with van der Waals surface area (Å²) in [6, 6.07) is 4.48. The molecule has 0 aliphatic heterocycles. The fourth-order valence-corrected chi connectivity index (χ4v) is 3.77.